The van der Waals surface area contributed by atoms with E-state index in [0.29, 0.717) is 6.61 Å². The molecule has 0 saturated carbocycles. The molecule has 0 aliphatic carbocycles. The molecule has 0 bridgehead atoms. The summed E-state index contributed by atoms with van der Waals surface area (Å²) >= 11 is 0. The lowest BCUT2D eigenvalue weighted by Crippen LogP contribution is -2.02. The molecule has 0 aromatic heterocycles. The maximum atomic E-state index is 6.98. The smallest absolute Gasteiger partial charge is 0.211 e. The van der Waals surface area contributed by atoms with Gasteiger partial charge >= 0.3 is 0 Å². The van der Waals surface area contributed by atoms with Gasteiger partial charge in [0.1, 0.15) is 12.7 Å². The molecule has 0 spiro atoms. The normalized spacial score (nSPS) is 36.7. The van der Waals surface area contributed by atoms with E-state index in [-0.39, 0.29) is 6.05 Å². The lowest BCUT2D eigenvalue weighted by Gasteiger charge is -1.90. The van der Waals surface area contributed by atoms with Crippen LogP contribution in [0.4, 0.5) is 0 Å². The number of aliphatic hydroxyl groups is 1. The zero-order chi connectivity index (χ0) is 5.98. The van der Waals surface area contributed by atoms with Crippen molar-refractivity contribution in [2.24, 2.45) is 0 Å². The number of hydrogen-bond donors (Lipinski definition) is 1. The van der Waals surface area contributed by atoms with Gasteiger partial charge in [0.25, 0.3) is 0 Å². The van der Waals surface area contributed by atoms with Crippen LogP contribution in [0.25, 0.3) is 0 Å². The fraction of sp³-hybridized carbons (Fsp3) is 0.500. The Kier molecular flexibility index (Phi) is 0.431. The molecule has 0 aromatic carbocycles. The molecule has 0 fully saturated rings. The van der Waals surface area contributed by atoms with Gasteiger partial charge in [0.05, 0.1) is 7.63 Å². The van der Waals surface area contributed by atoms with Gasteiger partial charge in [-0.3, -0.25) is 0 Å². The van der Waals surface area contributed by atoms with Gasteiger partial charge in [-0.25, -0.2) is 0 Å². The first-order valence-corrected chi connectivity index (χ1v) is 1.75. The van der Waals surface area contributed by atoms with E-state index in [4.69, 9.17) is 2.80 Å². The highest BCUT2D eigenvalue weighted by Gasteiger charge is 2.01. The molecule has 0 aromatic rings. The maximum absolute atomic E-state index is 6.98. The summed E-state index contributed by atoms with van der Waals surface area (Å²) in [6.07, 6.45) is 0.828. The standard InChI is InChI=1S/C4H6O2/c5-4-1-2-6-3-4/h1-2,4-5H,3H2/i1D,5D. The second-order valence-corrected chi connectivity index (χ2v) is 1.11. The summed E-state index contributed by atoms with van der Waals surface area (Å²) in [4.78, 5) is 0. The third-order valence-corrected chi connectivity index (χ3v) is 0.585. The Morgan fingerprint density at radius 3 is 3.67 bits per heavy atom. The lowest BCUT2D eigenvalue weighted by molar-refractivity contribution is 0.147. The molecule has 1 aliphatic rings. The molecule has 1 atom stereocenters. The monoisotopic (exact) mass is 88.0 g/mol. The van der Waals surface area contributed by atoms with Gasteiger partial charge in [0.15, 0.2) is 0 Å². The molecule has 1 heterocycles. The lowest BCUT2D eigenvalue weighted by atomic mass is 10.4. The molecular weight excluding hydrogens is 80.0 g/mol. The van der Waals surface area contributed by atoms with Crippen LogP contribution >= 0.6 is 0 Å². The van der Waals surface area contributed by atoms with E-state index in [1.54, 1.807) is 0 Å². The maximum Gasteiger partial charge on any atom is 0.211 e. The minimum Gasteiger partial charge on any atom is -0.498 e. The molecule has 1 aliphatic heterocycles. The number of ether oxygens (including phenoxy) is 1. The van der Waals surface area contributed by atoms with E-state index in [0.717, 1.165) is 0 Å². The van der Waals surface area contributed by atoms with E-state index >= 15 is 0 Å². The van der Waals surface area contributed by atoms with Gasteiger partial charge in [0, 0.05) is 0 Å². The number of hydrogen-bond acceptors (Lipinski definition) is 2. The minimum absolute atomic E-state index is 0.236. The summed E-state index contributed by atoms with van der Waals surface area (Å²) in [6, 6.07) is 0.236. The zero-order valence-electron chi connectivity index (χ0n) is 5.18. The summed E-state index contributed by atoms with van der Waals surface area (Å²) in [6.45, 7) is 0.308. The minimum atomic E-state index is -0.463. The molecule has 1 rings (SSSR count). The predicted octanol–water partition coefficient (Wildman–Crippen LogP) is -0.109. The highest BCUT2D eigenvalue weighted by atomic mass is 16.5. The van der Waals surface area contributed by atoms with Crippen LogP contribution in [0.5, 0.6) is 0 Å². The Balaban J connectivity index is 2.46. The van der Waals surface area contributed by atoms with E-state index in [2.05, 4.69) is 9.85 Å². The highest BCUT2D eigenvalue weighted by Crippen LogP contribution is 1.95. The summed E-state index contributed by atoms with van der Waals surface area (Å²) in [5, 5.41) is 4.09. The molecule has 0 amide bonds. The number of aliphatic hydroxyl groups excluding tert-OH is 1. The Morgan fingerprint density at radius 2 is 3.33 bits per heavy atom. The quantitative estimate of drug-likeness (QED) is 0.484. The zero-order valence-corrected chi connectivity index (χ0v) is 3.18. The van der Waals surface area contributed by atoms with Crippen molar-refractivity contribution in [3.63, 3.8) is 0 Å². The molecule has 34 valence electrons. The van der Waals surface area contributed by atoms with Crippen LogP contribution in [0.15, 0.2) is 12.3 Å². The molecule has 0 saturated heterocycles. The number of rotatable bonds is 1. The molecule has 2 heteroatoms. The second-order valence-electron chi connectivity index (χ2n) is 1.11. The molecule has 1 unspecified atom stereocenters. The second kappa shape index (κ2) is 1.30. The van der Waals surface area contributed by atoms with Crippen molar-refractivity contribution in [1.29, 1.82) is 1.43 Å². The first-order chi connectivity index (χ1) is 3.84. The fourth-order valence-corrected chi connectivity index (χ4v) is 0.308. The largest absolute Gasteiger partial charge is 0.498 e. The summed E-state index contributed by atoms with van der Waals surface area (Å²) in [5.74, 6) is 0. The molecule has 1 N–H and O–H groups in total. The van der Waals surface area contributed by atoms with Crippen molar-refractivity contribution >= 4 is 0 Å². The van der Waals surface area contributed by atoms with Crippen LogP contribution in [0.3, 0.4) is 0 Å². The van der Waals surface area contributed by atoms with Crippen molar-refractivity contribution in [3.8, 4) is 0 Å². The van der Waals surface area contributed by atoms with Crippen LogP contribution in [0.1, 0.15) is 1.37 Å². The predicted molar refractivity (Wildman–Crippen MR) is 21.1 cm³/mol. The average molecular weight is 88.1 g/mol. The van der Waals surface area contributed by atoms with Gasteiger partial charge in [-0.2, -0.15) is 0 Å². The Bertz CT molecular complexity index is 113. The molecule has 2 nitrogen and oxygen atoms in total. The first-order valence-electron chi connectivity index (χ1n) is 2.65. The first kappa shape index (κ1) is 1.98. The molecule has 0 radical (unpaired) electrons. The third-order valence-electron chi connectivity index (χ3n) is 0.585. The van der Waals surface area contributed by atoms with Crippen LogP contribution in [-0.4, -0.2) is 19.3 Å². The molecule has 6 heavy (non-hydrogen) atoms. The summed E-state index contributed by atoms with van der Waals surface area (Å²) in [5.41, 5.74) is 0. The van der Waals surface area contributed by atoms with Crippen molar-refractivity contribution in [2.45, 2.75) is 6.10 Å². The van der Waals surface area contributed by atoms with Crippen LogP contribution < -0.4 is 0 Å². The van der Waals surface area contributed by atoms with Gasteiger partial charge in [0.2, 0.25) is 1.43 Å². The van der Waals surface area contributed by atoms with Crippen molar-refractivity contribution in [2.75, 3.05) is 6.61 Å². The van der Waals surface area contributed by atoms with Crippen LogP contribution in [-0.2, 0) is 4.74 Å². The van der Waals surface area contributed by atoms with Gasteiger partial charge in [-0.1, -0.05) is 0 Å². The van der Waals surface area contributed by atoms with Gasteiger partial charge < -0.3 is 9.85 Å². The van der Waals surface area contributed by atoms with E-state index in [1.807, 2.05) is 0 Å². The Hall–Kier alpha value is -0.500. The van der Waals surface area contributed by atoms with E-state index in [9.17, 15) is 0 Å². The van der Waals surface area contributed by atoms with Crippen molar-refractivity contribution in [1.82, 2.24) is 0 Å². The van der Waals surface area contributed by atoms with Crippen molar-refractivity contribution in [3.05, 3.63) is 12.3 Å². The third kappa shape index (κ3) is 0.518. The topological polar surface area (TPSA) is 29.5 Å². The Labute approximate surface area is 38.9 Å². The Morgan fingerprint density at radius 1 is 2.33 bits per heavy atom. The summed E-state index contributed by atoms with van der Waals surface area (Å²) in [7, 11) is 0. The van der Waals surface area contributed by atoms with Gasteiger partial charge in [-0.05, 0) is 6.05 Å². The molecular formula is C4H6O2. The fourth-order valence-electron chi connectivity index (χ4n) is 0.308. The SMILES string of the molecule is [2H]OC1COC=C1[2H]. The van der Waals surface area contributed by atoms with Crippen molar-refractivity contribution < 1.29 is 11.2 Å². The van der Waals surface area contributed by atoms with Gasteiger partial charge in [-0.15, -0.1) is 0 Å². The van der Waals surface area contributed by atoms with Crippen LogP contribution in [0.2, 0.25) is 0 Å². The average Bonchev–Trinajstić information content (AvgIpc) is 2.14. The summed E-state index contributed by atoms with van der Waals surface area (Å²) < 4.78 is 18.0. The highest BCUT2D eigenvalue weighted by molar-refractivity contribution is 4.88. The van der Waals surface area contributed by atoms with E-state index in [1.165, 1.54) is 6.26 Å². The van der Waals surface area contributed by atoms with Crippen LogP contribution in [0, 0.1) is 0 Å². The van der Waals surface area contributed by atoms with E-state index < -0.39 is 6.10 Å².